The quantitative estimate of drug-likeness (QED) is 0.778. The summed E-state index contributed by atoms with van der Waals surface area (Å²) in [5, 5.41) is 9.62. The summed E-state index contributed by atoms with van der Waals surface area (Å²) in [4.78, 5) is 28.7. The van der Waals surface area contributed by atoms with Gasteiger partial charge in [0, 0.05) is 6.04 Å². The van der Waals surface area contributed by atoms with Crippen molar-refractivity contribution in [2.75, 3.05) is 0 Å². The molecule has 1 N–H and O–H groups in total. The molecule has 4 rings (SSSR count). The van der Waals surface area contributed by atoms with Crippen LogP contribution in [0.3, 0.4) is 0 Å². The van der Waals surface area contributed by atoms with Crippen LogP contribution >= 0.6 is 0 Å². The van der Waals surface area contributed by atoms with Gasteiger partial charge in [0.25, 0.3) is 5.56 Å². The molecule has 5 heteroatoms. The molecule has 0 saturated carbocycles. The number of fused-ring (bicyclic) bond motifs is 2. The zero-order valence-corrected chi connectivity index (χ0v) is 13.6. The van der Waals surface area contributed by atoms with Gasteiger partial charge < -0.3 is 5.11 Å². The average Bonchev–Trinajstić information content (AvgIpc) is 2.91. The van der Waals surface area contributed by atoms with Gasteiger partial charge in [-0.3, -0.25) is 9.36 Å². The highest BCUT2D eigenvalue weighted by Gasteiger charge is 2.26. The summed E-state index contributed by atoms with van der Waals surface area (Å²) in [5.41, 5.74) is 2.46. The van der Waals surface area contributed by atoms with Crippen LogP contribution in [-0.2, 0) is 0 Å². The molecule has 0 saturated heterocycles. The minimum absolute atomic E-state index is 0.0218. The number of rotatable bonds is 2. The molecule has 0 bridgehead atoms. The van der Waals surface area contributed by atoms with E-state index in [2.05, 4.69) is 4.98 Å². The van der Waals surface area contributed by atoms with Crippen LogP contribution in [0.15, 0.2) is 53.3 Å². The summed E-state index contributed by atoms with van der Waals surface area (Å²) in [5.74, 6) is -0.408. The molecule has 2 aromatic carbocycles. The number of aromatic nitrogens is 2. The lowest BCUT2D eigenvalue weighted by Crippen LogP contribution is -2.23. The third kappa shape index (κ3) is 2.54. The summed E-state index contributed by atoms with van der Waals surface area (Å²) in [7, 11) is 0. The van der Waals surface area contributed by atoms with Gasteiger partial charge in [-0.1, -0.05) is 30.3 Å². The van der Waals surface area contributed by atoms with Crippen LogP contribution < -0.4 is 5.56 Å². The van der Waals surface area contributed by atoms with Crippen molar-refractivity contribution in [1.82, 2.24) is 9.55 Å². The number of allylic oxidation sites excluding steroid dienone is 1. The van der Waals surface area contributed by atoms with E-state index in [4.69, 9.17) is 0 Å². The Hall–Kier alpha value is -3.21. The van der Waals surface area contributed by atoms with Crippen LogP contribution in [0.2, 0.25) is 0 Å². The Kier molecular flexibility index (Phi) is 3.50. The van der Waals surface area contributed by atoms with Gasteiger partial charge in [0.1, 0.15) is 5.82 Å². The minimum atomic E-state index is -1.03. The summed E-state index contributed by atoms with van der Waals surface area (Å²) in [6, 6.07) is 14.4. The molecule has 124 valence electrons. The number of aromatic carboxylic acids is 1. The second-order valence-corrected chi connectivity index (χ2v) is 6.28. The van der Waals surface area contributed by atoms with Crippen molar-refractivity contribution in [3.8, 4) is 0 Å². The largest absolute Gasteiger partial charge is 0.478 e. The summed E-state index contributed by atoms with van der Waals surface area (Å²) >= 11 is 0. The molecule has 0 fully saturated rings. The van der Waals surface area contributed by atoms with E-state index >= 15 is 0 Å². The average molecular weight is 332 g/mol. The third-order valence-electron chi connectivity index (χ3n) is 4.53. The van der Waals surface area contributed by atoms with Crippen LogP contribution in [0.5, 0.6) is 0 Å². The maximum Gasteiger partial charge on any atom is 0.335 e. The number of hydrogen-bond acceptors (Lipinski definition) is 3. The fourth-order valence-corrected chi connectivity index (χ4v) is 3.34. The summed E-state index contributed by atoms with van der Waals surface area (Å²) in [6.07, 6.45) is 2.76. The van der Waals surface area contributed by atoms with Crippen molar-refractivity contribution in [2.45, 2.75) is 19.4 Å². The van der Waals surface area contributed by atoms with E-state index < -0.39 is 5.97 Å². The smallest absolute Gasteiger partial charge is 0.335 e. The molecule has 1 unspecified atom stereocenters. The van der Waals surface area contributed by atoms with Crippen molar-refractivity contribution < 1.29 is 9.90 Å². The lowest BCUT2D eigenvalue weighted by Gasteiger charge is -2.09. The van der Waals surface area contributed by atoms with Gasteiger partial charge in [-0.25, -0.2) is 9.78 Å². The molecule has 1 aliphatic rings. The first kappa shape index (κ1) is 15.3. The lowest BCUT2D eigenvalue weighted by atomic mass is 10.1. The first-order valence-corrected chi connectivity index (χ1v) is 8.10. The number of benzene rings is 2. The highest BCUT2D eigenvalue weighted by molar-refractivity contribution is 5.93. The van der Waals surface area contributed by atoms with E-state index in [1.807, 2.05) is 43.3 Å². The van der Waals surface area contributed by atoms with Crippen LogP contribution in [-0.4, -0.2) is 20.6 Å². The molecule has 3 aromatic rings. The van der Waals surface area contributed by atoms with Crippen molar-refractivity contribution in [3.05, 3.63) is 75.8 Å². The SMILES string of the molecule is CC1CC(=Cc2ccccc2)c2nc3cc(C(=O)O)ccc3c(=O)n21. The molecular weight excluding hydrogens is 316 g/mol. The number of carboxylic acid groups (broad SMARTS) is 1. The lowest BCUT2D eigenvalue weighted by molar-refractivity contribution is 0.0697. The molecule has 1 aliphatic heterocycles. The molecule has 0 amide bonds. The van der Waals surface area contributed by atoms with Crippen LogP contribution in [0.4, 0.5) is 0 Å². The molecule has 1 atom stereocenters. The fraction of sp³-hybridized carbons (Fsp3) is 0.150. The van der Waals surface area contributed by atoms with E-state index in [0.717, 1.165) is 17.6 Å². The first-order valence-electron chi connectivity index (χ1n) is 8.10. The van der Waals surface area contributed by atoms with Gasteiger partial charge in [-0.15, -0.1) is 0 Å². The van der Waals surface area contributed by atoms with E-state index in [1.165, 1.54) is 12.1 Å². The van der Waals surface area contributed by atoms with Crippen LogP contribution in [0.25, 0.3) is 22.6 Å². The van der Waals surface area contributed by atoms with Crippen LogP contribution in [0, 0.1) is 0 Å². The molecule has 0 aliphatic carbocycles. The predicted molar refractivity (Wildman–Crippen MR) is 96.6 cm³/mol. The predicted octanol–water partition coefficient (Wildman–Crippen LogP) is 3.60. The second-order valence-electron chi connectivity index (χ2n) is 6.28. The molecular formula is C20H16N2O3. The standard InChI is InChI=1S/C20H16N2O3/c1-12-9-15(10-13-5-3-2-4-6-13)18-21-17-11-14(20(24)25)7-8-16(17)19(23)22(12)18/h2-8,10-12H,9H2,1H3,(H,24,25). The highest BCUT2D eigenvalue weighted by atomic mass is 16.4. The molecule has 25 heavy (non-hydrogen) atoms. The highest BCUT2D eigenvalue weighted by Crippen LogP contribution is 2.34. The number of carbonyl (C=O) groups is 1. The molecule has 0 radical (unpaired) electrons. The monoisotopic (exact) mass is 332 g/mol. The number of nitrogens with zero attached hydrogens (tertiary/aromatic N) is 2. The van der Waals surface area contributed by atoms with Gasteiger partial charge in [0.15, 0.2) is 0 Å². The van der Waals surface area contributed by atoms with Crippen molar-refractivity contribution >= 4 is 28.5 Å². The topological polar surface area (TPSA) is 72.2 Å². The Morgan fingerprint density at radius 2 is 2.00 bits per heavy atom. The van der Waals surface area contributed by atoms with Crippen LogP contribution in [0.1, 0.15) is 41.1 Å². The molecule has 2 heterocycles. The Balaban J connectivity index is 1.95. The molecule has 5 nitrogen and oxygen atoms in total. The maximum absolute atomic E-state index is 12.9. The van der Waals surface area contributed by atoms with Gasteiger partial charge in [-0.05, 0) is 48.8 Å². The zero-order chi connectivity index (χ0) is 17.6. The summed E-state index contributed by atoms with van der Waals surface area (Å²) < 4.78 is 1.71. The van der Waals surface area contributed by atoms with Crippen molar-refractivity contribution in [3.63, 3.8) is 0 Å². The second kappa shape index (κ2) is 5.70. The Labute approximate surface area is 143 Å². The first-order chi connectivity index (χ1) is 12.0. The number of carboxylic acids is 1. The van der Waals surface area contributed by atoms with Crippen molar-refractivity contribution in [1.29, 1.82) is 0 Å². The van der Waals surface area contributed by atoms with E-state index in [-0.39, 0.29) is 17.2 Å². The fourth-order valence-electron chi connectivity index (χ4n) is 3.34. The Bertz CT molecular complexity index is 1080. The van der Waals surface area contributed by atoms with Gasteiger partial charge in [0.2, 0.25) is 0 Å². The van der Waals surface area contributed by atoms with E-state index in [9.17, 15) is 14.7 Å². The van der Waals surface area contributed by atoms with E-state index in [1.54, 1.807) is 10.6 Å². The minimum Gasteiger partial charge on any atom is -0.478 e. The van der Waals surface area contributed by atoms with Gasteiger partial charge in [-0.2, -0.15) is 0 Å². The molecule has 1 aromatic heterocycles. The zero-order valence-electron chi connectivity index (χ0n) is 13.6. The maximum atomic E-state index is 12.9. The van der Waals surface area contributed by atoms with Gasteiger partial charge >= 0.3 is 5.97 Å². The van der Waals surface area contributed by atoms with Gasteiger partial charge in [0.05, 0.1) is 16.5 Å². The molecule has 0 spiro atoms. The number of hydrogen-bond donors (Lipinski definition) is 1. The normalized spacial score (nSPS) is 17.8. The Morgan fingerprint density at radius 3 is 2.72 bits per heavy atom. The Morgan fingerprint density at radius 1 is 1.24 bits per heavy atom. The van der Waals surface area contributed by atoms with E-state index in [0.29, 0.717) is 16.7 Å². The summed E-state index contributed by atoms with van der Waals surface area (Å²) in [6.45, 7) is 2.00. The third-order valence-corrected chi connectivity index (χ3v) is 4.53. The van der Waals surface area contributed by atoms with Crippen molar-refractivity contribution in [2.24, 2.45) is 0 Å².